The molecule has 47 heavy (non-hydrogen) atoms. The predicted octanol–water partition coefficient (Wildman–Crippen LogP) is 8.58. The van der Waals surface area contributed by atoms with Crippen LogP contribution in [0, 0.1) is 6.92 Å². The van der Waals surface area contributed by atoms with Gasteiger partial charge in [0.1, 0.15) is 11.5 Å². The van der Waals surface area contributed by atoms with Gasteiger partial charge in [0.15, 0.2) is 22.9 Å². The van der Waals surface area contributed by atoms with Crippen molar-refractivity contribution >= 4 is 40.8 Å². The van der Waals surface area contributed by atoms with E-state index in [1.54, 1.807) is 51.5 Å². The smallest absolute Gasteiger partial charge is 0.305 e. The van der Waals surface area contributed by atoms with Gasteiger partial charge in [0.05, 0.1) is 28.4 Å². The number of nitrogens with zero attached hydrogens (tertiary/aromatic N) is 3. The Kier molecular flexibility index (Phi) is 10.7. The highest BCUT2D eigenvalue weighted by Crippen LogP contribution is 2.42. The minimum Gasteiger partial charge on any atom is -0.497 e. The van der Waals surface area contributed by atoms with E-state index in [9.17, 15) is 4.79 Å². The Hall–Kier alpha value is -5.44. The van der Waals surface area contributed by atoms with Crippen LogP contribution in [0.4, 0.5) is 22.7 Å². The topological polar surface area (TPSA) is 82.1 Å². The molecule has 0 bridgehead atoms. The largest absolute Gasteiger partial charge is 0.497 e. The normalized spacial score (nSPS) is 14.3. The molecule has 244 valence electrons. The van der Waals surface area contributed by atoms with E-state index in [1.165, 1.54) is 5.56 Å². The summed E-state index contributed by atoms with van der Waals surface area (Å²) in [4.78, 5) is 22.2. The summed E-state index contributed by atoms with van der Waals surface area (Å²) in [5.41, 5.74) is 5.37. The van der Waals surface area contributed by atoms with Crippen LogP contribution in [0.2, 0.25) is 0 Å². The van der Waals surface area contributed by atoms with E-state index in [0.29, 0.717) is 29.5 Å². The van der Waals surface area contributed by atoms with Gasteiger partial charge < -0.3 is 28.6 Å². The molecule has 9 nitrogen and oxygen atoms in total. The van der Waals surface area contributed by atoms with Crippen LogP contribution in [0.1, 0.15) is 37.3 Å². The molecule has 0 radical (unpaired) electrons. The van der Waals surface area contributed by atoms with Gasteiger partial charge in [-0.05, 0) is 73.5 Å². The number of unbranched alkanes of at least 4 members (excludes halogenated alkanes) is 2. The van der Waals surface area contributed by atoms with Crippen LogP contribution in [0.5, 0.6) is 23.0 Å². The van der Waals surface area contributed by atoms with Crippen molar-refractivity contribution in [2.45, 2.75) is 33.1 Å². The van der Waals surface area contributed by atoms with Crippen molar-refractivity contribution in [3.63, 3.8) is 0 Å². The lowest BCUT2D eigenvalue weighted by Crippen LogP contribution is -2.30. The van der Waals surface area contributed by atoms with Gasteiger partial charge in [0.25, 0.3) is 5.91 Å². The van der Waals surface area contributed by atoms with Crippen molar-refractivity contribution in [2.24, 2.45) is 4.99 Å². The van der Waals surface area contributed by atoms with Crippen molar-refractivity contribution in [3.8, 4) is 23.0 Å². The molecular weight excluding hydrogens is 594 g/mol. The van der Waals surface area contributed by atoms with E-state index in [2.05, 4.69) is 43.0 Å². The van der Waals surface area contributed by atoms with Gasteiger partial charge in [0, 0.05) is 35.7 Å². The number of amides is 1. The SMILES string of the molecule is CCCCCN1C(=O)/C(=C\c2ccc(N(c3ccc(C)cc3)c3ccc(OC)cc3)cc2)OC1=Nc1c(OC)cc(OC)cc1OC. The number of aliphatic imine (C=N–C) groups is 1. The number of anilines is 3. The number of ether oxygens (including phenoxy) is 5. The third kappa shape index (κ3) is 7.52. The van der Waals surface area contributed by atoms with Crippen LogP contribution in [0.15, 0.2) is 95.7 Å². The van der Waals surface area contributed by atoms with Gasteiger partial charge in [0.2, 0.25) is 0 Å². The van der Waals surface area contributed by atoms with Crippen LogP contribution < -0.4 is 23.8 Å². The molecule has 0 atom stereocenters. The molecule has 4 aromatic rings. The lowest BCUT2D eigenvalue weighted by Gasteiger charge is -2.26. The van der Waals surface area contributed by atoms with Crippen molar-refractivity contribution in [1.82, 2.24) is 4.90 Å². The van der Waals surface area contributed by atoms with Gasteiger partial charge in [-0.1, -0.05) is 49.6 Å². The summed E-state index contributed by atoms with van der Waals surface area (Å²) in [5.74, 6) is 2.14. The third-order valence-corrected chi connectivity index (χ3v) is 7.84. The first-order valence-corrected chi connectivity index (χ1v) is 15.6. The molecule has 0 aromatic heterocycles. The van der Waals surface area contributed by atoms with Crippen LogP contribution in [0.3, 0.4) is 0 Å². The van der Waals surface area contributed by atoms with Crippen molar-refractivity contribution in [3.05, 3.63) is 102 Å². The Labute approximate surface area is 276 Å². The molecule has 1 saturated heterocycles. The highest BCUT2D eigenvalue weighted by Gasteiger charge is 2.35. The first-order chi connectivity index (χ1) is 22.9. The van der Waals surface area contributed by atoms with Gasteiger partial charge in [-0.3, -0.25) is 9.69 Å². The Bertz CT molecular complexity index is 1710. The highest BCUT2D eigenvalue weighted by molar-refractivity contribution is 6.12. The number of methoxy groups -OCH3 is 4. The molecule has 1 aliphatic rings. The Morgan fingerprint density at radius 2 is 1.30 bits per heavy atom. The Balaban J connectivity index is 1.48. The van der Waals surface area contributed by atoms with Crippen molar-refractivity contribution in [1.29, 1.82) is 0 Å². The third-order valence-electron chi connectivity index (χ3n) is 7.84. The summed E-state index contributed by atoms with van der Waals surface area (Å²) < 4.78 is 28.1. The van der Waals surface area contributed by atoms with Crippen LogP contribution in [-0.2, 0) is 9.53 Å². The van der Waals surface area contributed by atoms with Crippen LogP contribution in [0.25, 0.3) is 6.08 Å². The van der Waals surface area contributed by atoms with Crippen molar-refractivity contribution < 1.29 is 28.5 Å². The maximum atomic E-state index is 13.7. The molecule has 4 aromatic carbocycles. The molecule has 0 spiro atoms. The number of rotatable bonds is 13. The highest BCUT2D eigenvalue weighted by atomic mass is 16.5. The predicted molar refractivity (Wildman–Crippen MR) is 186 cm³/mol. The first kappa shape index (κ1) is 32.9. The summed E-state index contributed by atoms with van der Waals surface area (Å²) in [5, 5.41) is 0. The molecule has 9 heteroatoms. The lowest BCUT2D eigenvalue weighted by molar-refractivity contribution is -0.122. The number of amidine groups is 1. The van der Waals surface area contributed by atoms with E-state index >= 15 is 0 Å². The van der Waals surface area contributed by atoms with E-state index in [0.717, 1.165) is 47.6 Å². The zero-order chi connectivity index (χ0) is 33.3. The second-order valence-corrected chi connectivity index (χ2v) is 11.0. The van der Waals surface area contributed by atoms with Gasteiger partial charge in [-0.25, -0.2) is 0 Å². The standard InChI is InChI=1S/C38H41N3O6/c1-7-8-9-22-40-37(42)35(47-38(40)39-36-33(45-5)24-32(44-4)25-34(36)46-6)23-27-12-16-29(17-13-27)41(28-14-10-26(2)11-15-28)30-18-20-31(43-3)21-19-30/h10-21,23-25H,7-9,22H2,1-6H3/b35-23+,39-38?. The molecule has 5 rings (SSSR count). The van der Waals surface area contributed by atoms with Crippen LogP contribution in [-0.4, -0.2) is 51.8 Å². The average molecular weight is 636 g/mol. The Morgan fingerprint density at radius 3 is 1.83 bits per heavy atom. The summed E-state index contributed by atoms with van der Waals surface area (Å²) in [6.45, 7) is 4.66. The number of carbonyl (C=O) groups excluding carboxylic acids is 1. The molecule has 0 aliphatic carbocycles. The fraction of sp³-hybridized carbons (Fsp3) is 0.263. The maximum Gasteiger partial charge on any atom is 0.305 e. The maximum absolute atomic E-state index is 13.7. The second-order valence-electron chi connectivity index (χ2n) is 11.0. The van der Waals surface area contributed by atoms with E-state index < -0.39 is 0 Å². The molecule has 0 unspecified atom stereocenters. The fourth-order valence-corrected chi connectivity index (χ4v) is 5.24. The average Bonchev–Trinajstić information content (AvgIpc) is 3.39. The number of hydrogen-bond donors (Lipinski definition) is 0. The summed E-state index contributed by atoms with van der Waals surface area (Å²) in [7, 11) is 6.31. The minimum absolute atomic E-state index is 0.167. The number of hydrogen-bond acceptors (Lipinski definition) is 8. The van der Waals surface area contributed by atoms with E-state index in [1.807, 2.05) is 48.5 Å². The molecular formula is C38H41N3O6. The Morgan fingerprint density at radius 1 is 0.745 bits per heavy atom. The minimum atomic E-state index is -0.255. The fourth-order valence-electron chi connectivity index (χ4n) is 5.24. The summed E-state index contributed by atoms with van der Waals surface area (Å²) in [6.07, 6.45) is 4.54. The molecule has 1 fully saturated rings. The second kappa shape index (κ2) is 15.2. The summed E-state index contributed by atoms with van der Waals surface area (Å²) in [6, 6.07) is 27.9. The van der Waals surface area contributed by atoms with Gasteiger partial charge >= 0.3 is 6.02 Å². The van der Waals surface area contributed by atoms with Gasteiger partial charge in [-0.2, -0.15) is 4.99 Å². The van der Waals surface area contributed by atoms with Gasteiger partial charge in [-0.15, -0.1) is 0 Å². The summed E-state index contributed by atoms with van der Waals surface area (Å²) >= 11 is 0. The molecule has 1 heterocycles. The zero-order valence-corrected chi connectivity index (χ0v) is 27.8. The number of carbonyl (C=O) groups is 1. The molecule has 0 N–H and O–H groups in total. The number of benzene rings is 4. The molecule has 1 amide bonds. The van der Waals surface area contributed by atoms with E-state index in [4.69, 9.17) is 28.7 Å². The molecule has 0 saturated carbocycles. The monoisotopic (exact) mass is 635 g/mol. The van der Waals surface area contributed by atoms with Crippen LogP contribution >= 0.6 is 0 Å². The quantitative estimate of drug-likeness (QED) is 0.108. The molecule has 1 aliphatic heterocycles. The zero-order valence-electron chi connectivity index (χ0n) is 27.8. The lowest BCUT2D eigenvalue weighted by atomic mass is 10.1. The van der Waals surface area contributed by atoms with Crippen molar-refractivity contribution in [2.75, 3.05) is 39.9 Å². The first-order valence-electron chi connectivity index (χ1n) is 15.6. The number of aryl methyl sites for hydroxylation is 1. The van der Waals surface area contributed by atoms with E-state index in [-0.39, 0.29) is 17.7 Å².